The average molecular weight is 331 g/mol. The van der Waals surface area contributed by atoms with Gasteiger partial charge in [0.05, 0.1) is 0 Å². The third-order valence-electron chi connectivity index (χ3n) is 2.45. The molecule has 0 spiro atoms. The van der Waals surface area contributed by atoms with Gasteiger partial charge in [-0.25, -0.2) is 0 Å². The highest BCUT2D eigenvalue weighted by Gasteiger charge is 2.15. The first-order valence-corrected chi connectivity index (χ1v) is 8.15. The van der Waals surface area contributed by atoms with Gasteiger partial charge in [0, 0.05) is 33.4 Å². The molecule has 2 nitrogen and oxygen atoms in total. The van der Waals surface area contributed by atoms with Crippen LogP contribution in [0.3, 0.4) is 0 Å². The van der Waals surface area contributed by atoms with Gasteiger partial charge >= 0.3 is 0 Å². The minimum Gasteiger partial charge on any atom is -0.313 e. The number of likely N-dealkylation sites (N-methyl/N-ethyl adjacent to an activating group) is 1. The first-order chi connectivity index (χ1) is 8.40. The minimum atomic E-state index is 0.323. The van der Waals surface area contributed by atoms with Crippen molar-refractivity contribution >= 4 is 27.7 Å². The van der Waals surface area contributed by atoms with E-state index in [0.29, 0.717) is 10.8 Å². The molecular formula is C14H23BrN2S. The maximum atomic E-state index is 4.22. The molecule has 18 heavy (non-hydrogen) atoms. The molecule has 0 aromatic carbocycles. The zero-order valence-electron chi connectivity index (χ0n) is 11.7. The molecule has 4 heteroatoms. The van der Waals surface area contributed by atoms with E-state index >= 15 is 0 Å². The summed E-state index contributed by atoms with van der Waals surface area (Å²) in [5.74, 6) is 1.13. The van der Waals surface area contributed by atoms with E-state index in [0.717, 1.165) is 23.2 Å². The molecule has 0 fully saturated rings. The smallest absolute Gasteiger partial charge is 0.0410 e. The van der Waals surface area contributed by atoms with E-state index in [2.05, 4.69) is 60.0 Å². The predicted octanol–water partition coefficient (Wildman–Crippen LogP) is 3.90. The van der Waals surface area contributed by atoms with Crippen LogP contribution in [0.2, 0.25) is 0 Å². The molecule has 0 aliphatic heterocycles. The van der Waals surface area contributed by atoms with Crippen LogP contribution in [0.4, 0.5) is 0 Å². The van der Waals surface area contributed by atoms with Crippen molar-refractivity contribution in [2.24, 2.45) is 0 Å². The Balaban J connectivity index is 2.57. The second kappa shape index (κ2) is 7.51. The summed E-state index contributed by atoms with van der Waals surface area (Å²) < 4.78 is 1.38. The zero-order chi connectivity index (χ0) is 13.6. The van der Waals surface area contributed by atoms with Crippen molar-refractivity contribution in [1.29, 1.82) is 0 Å². The molecule has 1 aromatic rings. The molecule has 1 atom stereocenters. The summed E-state index contributed by atoms with van der Waals surface area (Å²) in [6.07, 6.45) is 4.82. The van der Waals surface area contributed by atoms with Crippen molar-refractivity contribution in [3.05, 3.63) is 28.5 Å². The van der Waals surface area contributed by atoms with Gasteiger partial charge in [-0.1, -0.05) is 27.7 Å². The topological polar surface area (TPSA) is 24.9 Å². The van der Waals surface area contributed by atoms with Gasteiger partial charge in [0.2, 0.25) is 0 Å². The van der Waals surface area contributed by atoms with Crippen molar-refractivity contribution in [2.75, 3.05) is 12.3 Å². The van der Waals surface area contributed by atoms with Crippen LogP contribution in [-0.2, 0) is 6.42 Å². The number of nitrogens with zero attached hydrogens (tertiary/aromatic N) is 1. The first kappa shape index (κ1) is 16.0. The van der Waals surface area contributed by atoms with Crippen molar-refractivity contribution < 1.29 is 0 Å². The van der Waals surface area contributed by atoms with Crippen molar-refractivity contribution in [1.82, 2.24) is 10.3 Å². The van der Waals surface area contributed by atoms with E-state index in [1.807, 2.05) is 24.2 Å². The monoisotopic (exact) mass is 330 g/mol. The summed E-state index contributed by atoms with van der Waals surface area (Å²) in [6.45, 7) is 9.97. The SMILES string of the molecule is CCNC(CSC(C)(C)C)Cc1cncc(Br)c1. The highest BCUT2D eigenvalue weighted by Crippen LogP contribution is 2.24. The van der Waals surface area contributed by atoms with Crippen molar-refractivity contribution in [3.63, 3.8) is 0 Å². The molecule has 1 heterocycles. The Morgan fingerprint density at radius 1 is 1.39 bits per heavy atom. The van der Waals surface area contributed by atoms with Gasteiger partial charge in [-0.3, -0.25) is 4.98 Å². The number of aromatic nitrogens is 1. The zero-order valence-corrected chi connectivity index (χ0v) is 14.1. The molecule has 1 rings (SSSR count). The molecule has 102 valence electrons. The molecule has 1 N–H and O–H groups in total. The number of pyridine rings is 1. The van der Waals surface area contributed by atoms with Crippen LogP contribution in [0.25, 0.3) is 0 Å². The number of hydrogen-bond acceptors (Lipinski definition) is 3. The average Bonchev–Trinajstić information content (AvgIpc) is 2.25. The quantitative estimate of drug-likeness (QED) is 0.856. The Hall–Kier alpha value is -0.0600. The highest BCUT2D eigenvalue weighted by atomic mass is 79.9. The summed E-state index contributed by atoms with van der Waals surface area (Å²) in [6, 6.07) is 2.66. The maximum absolute atomic E-state index is 4.22. The van der Waals surface area contributed by atoms with Crippen molar-refractivity contribution in [3.8, 4) is 0 Å². The van der Waals surface area contributed by atoms with E-state index in [4.69, 9.17) is 0 Å². The van der Waals surface area contributed by atoms with Gasteiger partial charge in [-0.05, 0) is 40.5 Å². The van der Waals surface area contributed by atoms with E-state index in [1.54, 1.807) is 0 Å². The second-order valence-corrected chi connectivity index (χ2v) is 8.16. The lowest BCUT2D eigenvalue weighted by Gasteiger charge is -2.23. The fourth-order valence-corrected chi connectivity index (χ4v) is 3.03. The standard InChI is InChI=1S/C14H23BrN2S/c1-5-17-13(10-18-14(2,3)4)7-11-6-12(15)9-16-8-11/h6,8-9,13,17H,5,7,10H2,1-4H3. The summed E-state index contributed by atoms with van der Waals surface area (Å²) >= 11 is 5.48. The van der Waals surface area contributed by atoms with Crippen LogP contribution in [0.15, 0.2) is 22.9 Å². The largest absolute Gasteiger partial charge is 0.313 e. The molecule has 0 aliphatic carbocycles. The van der Waals surface area contributed by atoms with E-state index in [1.165, 1.54) is 5.56 Å². The summed E-state index contributed by atoms with van der Waals surface area (Å²) in [5, 5.41) is 3.56. The minimum absolute atomic E-state index is 0.323. The lowest BCUT2D eigenvalue weighted by molar-refractivity contribution is 0.569. The third kappa shape index (κ3) is 6.76. The van der Waals surface area contributed by atoms with E-state index in [-0.39, 0.29) is 0 Å². The van der Waals surface area contributed by atoms with Gasteiger partial charge in [-0.2, -0.15) is 11.8 Å². The molecule has 0 bridgehead atoms. The van der Waals surface area contributed by atoms with Gasteiger partial charge < -0.3 is 5.32 Å². The predicted molar refractivity (Wildman–Crippen MR) is 85.3 cm³/mol. The van der Waals surface area contributed by atoms with Gasteiger partial charge in [0.15, 0.2) is 0 Å². The molecule has 0 saturated carbocycles. The Labute approximate surface area is 123 Å². The van der Waals surface area contributed by atoms with Crippen LogP contribution < -0.4 is 5.32 Å². The van der Waals surface area contributed by atoms with Crippen LogP contribution >= 0.6 is 27.7 Å². The molecule has 0 aliphatic rings. The lowest BCUT2D eigenvalue weighted by Crippen LogP contribution is -2.34. The number of hydrogen-bond donors (Lipinski definition) is 1. The van der Waals surface area contributed by atoms with Crippen molar-refractivity contribution in [2.45, 2.75) is 44.9 Å². The Morgan fingerprint density at radius 2 is 2.11 bits per heavy atom. The highest BCUT2D eigenvalue weighted by molar-refractivity contribution is 9.10. The molecule has 0 amide bonds. The van der Waals surface area contributed by atoms with Gasteiger partial charge in [0.25, 0.3) is 0 Å². The third-order valence-corrected chi connectivity index (χ3v) is 4.32. The number of halogens is 1. The molecule has 0 radical (unpaired) electrons. The molecule has 0 saturated heterocycles. The van der Waals surface area contributed by atoms with Crippen LogP contribution in [0.5, 0.6) is 0 Å². The lowest BCUT2D eigenvalue weighted by atomic mass is 10.1. The number of rotatable bonds is 6. The fraction of sp³-hybridized carbons (Fsp3) is 0.643. The Morgan fingerprint density at radius 3 is 2.67 bits per heavy atom. The molecule has 1 unspecified atom stereocenters. The van der Waals surface area contributed by atoms with E-state index in [9.17, 15) is 0 Å². The number of nitrogens with one attached hydrogen (secondary N) is 1. The number of thioether (sulfide) groups is 1. The van der Waals surface area contributed by atoms with Crippen LogP contribution in [0.1, 0.15) is 33.3 Å². The van der Waals surface area contributed by atoms with E-state index < -0.39 is 0 Å². The maximum Gasteiger partial charge on any atom is 0.0410 e. The summed E-state index contributed by atoms with van der Waals surface area (Å²) in [4.78, 5) is 4.22. The fourth-order valence-electron chi connectivity index (χ4n) is 1.68. The molecular weight excluding hydrogens is 308 g/mol. The molecule has 1 aromatic heterocycles. The van der Waals surface area contributed by atoms with Crippen LogP contribution in [-0.4, -0.2) is 28.1 Å². The first-order valence-electron chi connectivity index (χ1n) is 6.37. The van der Waals surface area contributed by atoms with Gasteiger partial charge in [0.1, 0.15) is 0 Å². The Kier molecular flexibility index (Phi) is 6.67. The second-order valence-electron chi connectivity index (χ2n) is 5.39. The van der Waals surface area contributed by atoms with Gasteiger partial charge in [-0.15, -0.1) is 0 Å². The summed E-state index contributed by atoms with van der Waals surface area (Å²) in [7, 11) is 0. The Bertz CT molecular complexity index is 363. The van der Waals surface area contributed by atoms with Crippen LogP contribution in [0, 0.1) is 0 Å². The summed E-state index contributed by atoms with van der Waals surface area (Å²) in [5.41, 5.74) is 1.28. The normalized spacial score (nSPS) is 13.6.